The highest BCUT2D eigenvalue weighted by Gasteiger charge is 2.29. The molecule has 0 fully saturated rings. The summed E-state index contributed by atoms with van der Waals surface area (Å²) in [6.45, 7) is 4.42. The van der Waals surface area contributed by atoms with Gasteiger partial charge in [-0.15, -0.1) is 0 Å². The van der Waals surface area contributed by atoms with Crippen molar-refractivity contribution in [3.05, 3.63) is 72.2 Å². The summed E-state index contributed by atoms with van der Waals surface area (Å²) in [4.78, 5) is 16.6. The number of hydrazone groups is 1. The predicted octanol–water partition coefficient (Wildman–Crippen LogP) is 4.01. The largest absolute Gasteiger partial charge is 0.269 e. The van der Waals surface area contributed by atoms with Gasteiger partial charge in [-0.2, -0.15) is 10.2 Å². The van der Waals surface area contributed by atoms with E-state index in [1.54, 1.807) is 17.0 Å². The van der Waals surface area contributed by atoms with E-state index in [4.69, 9.17) is 0 Å². The number of hydrogen-bond acceptors (Lipinski definition) is 4. The summed E-state index contributed by atoms with van der Waals surface area (Å²) < 4.78 is 29.0. The topological polar surface area (TPSA) is 63.4 Å². The summed E-state index contributed by atoms with van der Waals surface area (Å²) in [6, 6.07) is 5.82. The normalized spacial score (nSPS) is 15.9. The summed E-state index contributed by atoms with van der Waals surface area (Å²) in [5.41, 5.74) is 1.71. The molecule has 6 nitrogen and oxygen atoms in total. The second kappa shape index (κ2) is 7.90. The highest BCUT2D eigenvalue weighted by Crippen LogP contribution is 2.29. The average molecular weight is 395 g/mol. The van der Waals surface area contributed by atoms with Crippen molar-refractivity contribution in [2.75, 3.05) is 0 Å². The second-order valence-corrected chi connectivity index (χ2v) is 6.88. The number of aromatic nitrogens is 3. The number of aryl methyl sites for hydroxylation is 1. The molecule has 0 N–H and O–H groups in total. The van der Waals surface area contributed by atoms with Crippen molar-refractivity contribution in [1.82, 2.24) is 19.8 Å². The van der Waals surface area contributed by atoms with Crippen LogP contribution in [0.5, 0.6) is 0 Å². The first kappa shape index (κ1) is 18.9. The molecule has 1 atom stereocenters. The third-order valence-corrected chi connectivity index (χ3v) is 4.93. The van der Waals surface area contributed by atoms with Gasteiger partial charge in [0.15, 0.2) is 0 Å². The molecule has 3 aromatic rings. The van der Waals surface area contributed by atoms with Crippen LogP contribution in [0.4, 0.5) is 8.78 Å². The molecule has 148 valence electrons. The van der Waals surface area contributed by atoms with Gasteiger partial charge in [0, 0.05) is 31.0 Å². The molecule has 0 radical (unpaired) electrons. The number of pyridine rings is 1. The molecular formula is C21H19F2N5O. The van der Waals surface area contributed by atoms with Gasteiger partial charge in [-0.3, -0.25) is 14.5 Å². The molecule has 1 unspecified atom stereocenters. The smallest absolute Gasteiger partial charge is 0.268 e. The van der Waals surface area contributed by atoms with Crippen LogP contribution in [0.15, 0.2) is 60.1 Å². The first-order chi connectivity index (χ1) is 14.0. The van der Waals surface area contributed by atoms with Crippen molar-refractivity contribution < 1.29 is 13.6 Å². The fourth-order valence-electron chi connectivity index (χ4n) is 3.45. The molecule has 1 aliphatic heterocycles. The van der Waals surface area contributed by atoms with Gasteiger partial charge in [-0.05, 0) is 36.6 Å². The number of benzene rings is 1. The van der Waals surface area contributed by atoms with Gasteiger partial charge < -0.3 is 0 Å². The molecule has 0 aliphatic carbocycles. The summed E-state index contributed by atoms with van der Waals surface area (Å²) >= 11 is 0. The Labute approximate surface area is 166 Å². The highest BCUT2D eigenvalue weighted by molar-refractivity contribution is 5.94. The van der Waals surface area contributed by atoms with Gasteiger partial charge in [-0.25, -0.2) is 13.8 Å². The Morgan fingerprint density at radius 1 is 1.24 bits per heavy atom. The lowest BCUT2D eigenvalue weighted by atomic mass is 10.0. The third-order valence-electron chi connectivity index (χ3n) is 4.93. The molecule has 0 bridgehead atoms. The number of hydrogen-bond donors (Lipinski definition) is 0. The Bertz CT molecular complexity index is 1110. The minimum absolute atomic E-state index is 0.302. The minimum atomic E-state index is -0.455. The van der Waals surface area contributed by atoms with E-state index in [2.05, 4.69) is 21.8 Å². The monoisotopic (exact) mass is 395 g/mol. The number of fused-ring (bicyclic) bond motifs is 1. The number of rotatable bonds is 6. The Hall–Kier alpha value is -3.42. The zero-order chi connectivity index (χ0) is 20.4. The first-order valence-corrected chi connectivity index (χ1v) is 9.29. The first-order valence-electron chi connectivity index (χ1n) is 9.29. The molecule has 1 aliphatic rings. The summed E-state index contributed by atoms with van der Waals surface area (Å²) in [6.07, 6.45) is 7.33. The van der Waals surface area contributed by atoms with Crippen molar-refractivity contribution in [3.8, 4) is 0 Å². The lowest BCUT2D eigenvalue weighted by Gasteiger charge is -2.22. The van der Waals surface area contributed by atoms with Crippen LogP contribution in [0.2, 0.25) is 0 Å². The van der Waals surface area contributed by atoms with E-state index in [1.807, 2.05) is 6.07 Å². The van der Waals surface area contributed by atoms with E-state index in [0.29, 0.717) is 47.8 Å². The molecule has 4 rings (SSSR count). The third kappa shape index (κ3) is 3.78. The quantitative estimate of drug-likeness (QED) is 0.593. The molecule has 1 amide bonds. The predicted molar refractivity (Wildman–Crippen MR) is 105 cm³/mol. The van der Waals surface area contributed by atoms with Crippen LogP contribution >= 0.6 is 0 Å². The van der Waals surface area contributed by atoms with Crippen molar-refractivity contribution in [2.24, 2.45) is 5.10 Å². The van der Waals surface area contributed by atoms with Crippen LogP contribution in [0.25, 0.3) is 10.9 Å². The molecule has 0 saturated heterocycles. The molecule has 1 aromatic carbocycles. The van der Waals surface area contributed by atoms with E-state index in [-0.39, 0.29) is 17.8 Å². The Morgan fingerprint density at radius 2 is 2.10 bits per heavy atom. The Balaban J connectivity index is 1.38. The lowest BCUT2D eigenvalue weighted by molar-refractivity contribution is -0.129. The van der Waals surface area contributed by atoms with Crippen LogP contribution in [0, 0.1) is 11.6 Å². The standard InChI is InChI=1S/C21H19F2N5O/c1-14(4-3-9-27-20-6-2-5-18(23)17(20)13-26-27)21(29)28-19(7-8-25-28)15-10-16(22)12-24-11-15/h2,5-6,8,10-13,19H,1,3-4,7,9H2. The van der Waals surface area contributed by atoms with Crippen molar-refractivity contribution >= 4 is 23.0 Å². The maximum Gasteiger partial charge on any atom is 0.269 e. The Kier molecular flexibility index (Phi) is 5.16. The molecule has 8 heteroatoms. The van der Waals surface area contributed by atoms with Crippen molar-refractivity contribution in [3.63, 3.8) is 0 Å². The summed E-state index contributed by atoms with van der Waals surface area (Å²) in [5.74, 6) is -1.06. The summed E-state index contributed by atoms with van der Waals surface area (Å²) in [7, 11) is 0. The van der Waals surface area contributed by atoms with Crippen molar-refractivity contribution in [1.29, 1.82) is 0 Å². The van der Waals surface area contributed by atoms with Crippen molar-refractivity contribution in [2.45, 2.75) is 31.8 Å². The maximum absolute atomic E-state index is 13.8. The minimum Gasteiger partial charge on any atom is -0.268 e. The number of carbonyl (C=O) groups is 1. The summed E-state index contributed by atoms with van der Waals surface area (Å²) in [5, 5.41) is 10.2. The molecule has 0 saturated carbocycles. The molecule has 2 aromatic heterocycles. The van der Waals surface area contributed by atoms with Gasteiger partial charge in [0.1, 0.15) is 11.6 Å². The van der Waals surface area contributed by atoms with E-state index in [9.17, 15) is 13.6 Å². The fourth-order valence-corrected chi connectivity index (χ4v) is 3.45. The Morgan fingerprint density at radius 3 is 2.93 bits per heavy atom. The highest BCUT2D eigenvalue weighted by atomic mass is 19.1. The average Bonchev–Trinajstić information content (AvgIpc) is 3.35. The fraction of sp³-hybridized carbons (Fsp3) is 0.238. The molecule has 0 spiro atoms. The molecule has 29 heavy (non-hydrogen) atoms. The SMILES string of the molecule is C=C(CCCn1ncc2c(F)cccc21)C(=O)N1N=CCC1c1cncc(F)c1. The maximum atomic E-state index is 13.8. The van der Waals surface area contributed by atoms with E-state index >= 15 is 0 Å². The number of amides is 1. The van der Waals surface area contributed by atoms with Gasteiger partial charge in [0.25, 0.3) is 5.91 Å². The van der Waals surface area contributed by atoms with Gasteiger partial charge in [-0.1, -0.05) is 12.6 Å². The van der Waals surface area contributed by atoms with Crippen LogP contribution in [0.3, 0.4) is 0 Å². The van der Waals surface area contributed by atoms with Gasteiger partial charge in [0.2, 0.25) is 0 Å². The number of nitrogens with zero attached hydrogens (tertiary/aromatic N) is 5. The zero-order valence-electron chi connectivity index (χ0n) is 15.6. The molecular weight excluding hydrogens is 376 g/mol. The molecule has 3 heterocycles. The van der Waals surface area contributed by atoms with Crippen LogP contribution < -0.4 is 0 Å². The van der Waals surface area contributed by atoms with Crippen LogP contribution in [-0.4, -0.2) is 31.9 Å². The van der Waals surface area contributed by atoms with Gasteiger partial charge in [0.05, 0.1) is 29.3 Å². The lowest BCUT2D eigenvalue weighted by Crippen LogP contribution is -2.28. The van der Waals surface area contributed by atoms with E-state index < -0.39 is 5.82 Å². The van der Waals surface area contributed by atoms with Gasteiger partial charge >= 0.3 is 0 Å². The number of halogens is 2. The zero-order valence-corrected chi connectivity index (χ0v) is 15.6. The van der Waals surface area contributed by atoms with Crippen LogP contribution in [-0.2, 0) is 11.3 Å². The second-order valence-electron chi connectivity index (χ2n) is 6.88. The van der Waals surface area contributed by atoms with Crippen LogP contribution in [0.1, 0.15) is 30.9 Å². The van der Waals surface area contributed by atoms with E-state index in [0.717, 1.165) is 6.20 Å². The number of carbonyl (C=O) groups excluding carboxylic acids is 1. The van der Waals surface area contributed by atoms with E-state index in [1.165, 1.54) is 29.5 Å².